The van der Waals surface area contributed by atoms with Gasteiger partial charge < -0.3 is 4.74 Å². The van der Waals surface area contributed by atoms with Gasteiger partial charge in [-0.2, -0.15) is 4.99 Å². The predicted octanol–water partition coefficient (Wildman–Crippen LogP) is 1.57. The van der Waals surface area contributed by atoms with Gasteiger partial charge in [-0.25, -0.2) is 9.59 Å². The quantitative estimate of drug-likeness (QED) is 0.325. The summed E-state index contributed by atoms with van der Waals surface area (Å²) in [7, 11) is 0. The molecule has 16 heavy (non-hydrogen) atoms. The highest BCUT2D eigenvalue weighted by molar-refractivity contribution is 5.89. The third kappa shape index (κ3) is 3.41. The fourth-order valence-electron chi connectivity index (χ4n) is 1.01. The number of para-hydroxylation sites is 1. The molecular formula is C12H9NO3. The van der Waals surface area contributed by atoms with Gasteiger partial charge in [0.1, 0.15) is 0 Å². The van der Waals surface area contributed by atoms with Crippen LogP contribution in [0.25, 0.3) is 0 Å². The van der Waals surface area contributed by atoms with Crippen LogP contribution in [0.2, 0.25) is 0 Å². The second-order valence-corrected chi connectivity index (χ2v) is 2.69. The number of aliphatic imine (C=N–C) groups is 1. The molecule has 0 aliphatic carbocycles. The van der Waals surface area contributed by atoms with Crippen LogP contribution in [0.3, 0.4) is 0 Å². The average Bonchev–Trinajstić information content (AvgIpc) is 2.29. The molecule has 4 heteroatoms. The van der Waals surface area contributed by atoms with Gasteiger partial charge in [0.05, 0.1) is 17.9 Å². The van der Waals surface area contributed by atoms with Crippen LogP contribution in [0.15, 0.2) is 29.3 Å². The molecule has 0 fully saturated rings. The Hall–Kier alpha value is -2.37. The summed E-state index contributed by atoms with van der Waals surface area (Å²) in [4.78, 5) is 24.6. The van der Waals surface area contributed by atoms with Crippen LogP contribution in [0.1, 0.15) is 12.5 Å². The summed E-state index contributed by atoms with van der Waals surface area (Å²) in [6, 6.07) is 6.72. The number of isocyanates is 1. The predicted molar refractivity (Wildman–Crippen MR) is 57.7 cm³/mol. The summed E-state index contributed by atoms with van der Waals surface area (Å²) >= 11 is 0. The number of ether oxygens (including phenoxy) is 1. The van der Waals surface area contributed by atoms with Gasteiger partial charge in [0.25, 0.3) is 0 Å². The second-order valence-electron chi connectivity index (χ2n) is 2.69. The molecule has 1 aromatic carbocycles. The van der Waals surface area contributed by atoms with Gasteiger partial charge in [0.2, 0.25) is 6.08 Å². The van der Waals surface area contributed by atoms with Crippen molar-refractivity contribution in [3.05, 3.63) is 29.8 Å². The first-order valence-electron chi connectivity index (χ1n) is 4.63. The molecule has 0 atom stereocenters. The first kappa shape index (κ1) is 11.7. The van der Waals surface area contributed by atoms with Crippen LogP contribution >= 0.6 is 0 Å². The van der Waals surface area contributed by atoms with Gasteiger partial charge >= 0.3 is 5.97 Å². The maximum absolute atomic E-state index is 11.0. The highest BCUT2D eigenvalue weighted by Crippen LogP contribution is 2.16. The molecule has 80 valence electrons. The Morgan fingerprint density at radius 3 is 2.88 bits per heavy atom. The Kier molecular flexibility index (Phi) is 4.52. The van der Waals surface area contributed by atoms with E-state index in [4.69, 9.17) is 0 Å². The highest BCUT2D eigenvalue weighted by Gasteiger charge is 1.97. The van der Waals surface area contributed by atoms with E-state index in [-0.39, 0.29) is 6.61 Å². The molecule has 0 radical (unpaired) electrons. The van der Waals surface area contributed by atoms with Crippen molar-refractivity contribution >= 4 is 17.7 Å². The minimum Gasteiger partial charge on any atom is -0.456 e. The Labute approximate surface area is 93.0 Å². The molecule has 0 aliphatic rings. The van der Waals surface area contributed by atoms with Gasteiger partial charge in [-0.1, -0.05) is 18.1 Å². The fourth-order valence-corrected chi connectivity index (χ4v) is 1.01. The molecule has 1 aromatic rings. The zero-order chi connectivity index (χ0) is 11.8. The van der Waals surface area contributed by atoms with Crippen molar-refractivity contribution in [1.29, 1.82) is 0 Å². The molecular weight excluding hydrogens is 206 g/mol. The van der Waals surface area contributed by atoms with E-state index in [2.05, 4.69) is 21.6 Å². The van der Waals surface area contributed by atoms with Crippen LogP contribution in [-0.4, -0.2) is 18.7 Å². The first-order chi connectivity index (χ1) is 7.77. The van der Waals surface area contributed by atoms with Crippen molar-refractivity contribution in [3.8, 4) is 11.8 Å². The van der Waals surface area contributed by atoms with Crippen LogP contribution in [0.4, 0.5) is 5.69 Å². The molecule has 0 saturated carbocycles. The summed E-state index contributed by atoms with van der Waals surface area (Å²) in [5.41, 5.74) is 0.869. The molecule has 0 N–H and O–H groups in total. The summed E-state index contributed by atoms with van der Waals surface area (Å²) < 4.78 is 4.64. The zero-order valence-electron chi connectivity index (χ0n) is 8.69. The van der Waals surface area contributed by atoms with Gasteiger partial charge in [-0.15, -0.1) is 0 Å². The van der Waals surface area contributed by atoms with Crippen molar-refractivity contribution in [3.63, 3.8) is 0 Å². The van der Waals surface area contributed by atoms with Crippen LogP contribution < -0.4 is 0 Å². The molecule has 0 saturated heterocycles. The van der Waals surface area contributed by atoms with Crippen LogP contribution in [0, 0.1) is 11.8 Å². The largest absolute Gasteiger partial charge is 0.456 e. The summed E-state index contributed by atoms with van der Waals surface area (Å²) in [5, 5.41) is 0. The fraction of sp³-hybridized carbons (Fsp3) is 0.167. The van der Waals surface area contributed by atoms with Crippen molar-refractivity contribution < 1.29 is 14.3 Å². The molecule has 0 unspecified atom stereocenters. The van der Waals surface area contributed by atoms with E-state index in [1.165, 1.54) is 6.08 Å². The zero-order valence-corrected chi connectivity index (χ0v) is 8.69. The van der Waals surface area contributed by atoms with E-state index < -0.39 is 5.97 Å². The van der Waals surface area contributed by atoms with Gasteiger partial charge in [0.15, 0.2) is 0 Å². The van der Waals surface area contributed by atoms with E-state index in [1.54, 1.807) is 31.2 Å². The molecule has 0 aromatic heterocycles. The number of esters is 1. The Balaban J connectivity index is 2.96. The molecule has 0 heterocycles. The lowest BCUT2D eigenvalue weighted by atomic mass is 10.2. The Morgan fingerprint density at radius 2 is 2.19 bits per heavy atom. The summed E-state index contributed by atoms with van der Waals surface area (Å²) in [6.45, 7) is 1.98. The number of nitrogens with zero attached hydrogens (tertiary/aromatic N) is 1. The van der Waals surface area contributed by atoms with Crippen LogP contribution in [0.5, 0.6) is 0 Å². The van der Waals surface area contributed by atoms with Crippen molar-refractivity contribution in [1.82, 2.24) is 0 Å². The third-order valence-corrected chi connectivity index (χ3v) is 1.64. The number of benzene rings is 1. The Morgan fingerprint density at radius 1 is 1.44 bits per heavy atom. The number of rotatable bonds is 2. The molecule has 0 bridgehead atoms. The lowest BCUT2D eigenvalue weighted by Gasteiger charge is -1.94. The average molecular weight is 215 g/mol. The number of hydrogen-bond donors (Lipinski definition) is 0. The normalized spacial score (nSPS) is 8.31. The minimum absolute atomic E-state index is 0.279. The maximum Gasteiger partial charge on any atom is 0.384 e. The van der Waals surface area contributed by atoms with E-state index in [0.29, 0.717) is 11.3 Å². The van der Waals surface area contributed by atoms with E-state index >= 15 is 0 Å². The second kappa shape index (κ2) is 6.18. The Bertz CT molecular complexity index is 490. The minimum atomic E-state index is -0.604. The first-order valence-corrected chi connectivity index (χ1v) is 4.63. The molecule has 0 amide bonds. The lowest BCUT2D eigenvalue weighted by molar-refractivity contribution is -0.136. The van der Waals surface area contributed by atoms with Gasteiger partial charge in [-0.3, -0.25) is 0 Å². The lowest BCUT2D eigenvalue weighted by Crippen LogP contribution is -1.99. The monoisotopic (exact) mass is 215 g/mol. The van der Waals surface area contributed by atoms with Crippen molar-refractivity contribution in [2.24, 2.45) is 4.99 Å². The van der Waals surface area contributed by atoms with Gasteiger partial charge in [-0.05, 0) is 19.1 Å². The number of hydrogen-bond acceptors (Lipinski definition) is 4. The van der Waals surface area contributed by atoms with Gasteiger partial charge in [0, 0.05) is 5.92 Å². The summed E-state index contributed by atoms with van der Waals surface area (Å²) in [5.74, 6) is 4.28. The molecule has 0 aliphatic heterocycles. The van der Waals surface area contributed by atoms with E-state index in [0.717, 1.165) is 0 Å². The van der Waals surface area contributed by atoms with Crippen molar-refractivity contribution in [2.45, 2.75) is 6.92 Å². The number of carbonyl (C=O) groups excluding carboxylic acids is 2. The summed E-state index contributed by atoms with van der Waals surface area (Å²) in [6.07, 6.45) is 1.43. The van der Waals surface area contributed by atoms with E-state index in [9.17, 15) is 9.59 Å². The van der Waals surface area contributed by atoms with Crippen LogP contribution in [-0.2, 0) is 14.3 Å². The standard InChI is InChI=1S/C12H9NO3/c1-2-16-12(15)8-7-10-5-3-4-6-11(10)13-9-14/h3-6H,2H2,1H3. The molecule has 4 nitrogen and oxygen atoms in total. The highest BCUT2D eigenvalue weighted by atomic mass is 16.5. The third-order valence-electron chi connectivity index (χ3n) is 1.64. The molecule has 0 spiro atoms. The van der Waals surface area contributed by atoms with Crippen molar-refractivity contribution in [2.75, 3.05) is 6.61 Å². The maximum atomic E-state index is 11.0. The SMILES string of the molecule is CCOC(=O)C#Cc1ccccc1N=C=O. The molecule has 1 rings (SSSR count). The van der Waals surface area contributed by atoms with E-state index in [1.807, 2.05) is 0 Å². The smallest absolute Gasteiger partial charge is 0.384 e. The number of carbonyl (C=O) groups is 1. The topological polar surface area (TPSA) is 55.7 Å².